The number of benzene rings is 1. The van der Waals surface area contributed by atoms with Gasteiger partial charge in [0.25, 0.3) is 0 Å². The number of anilines is 4. The molecule has 1 fully saturated rings. The lowest BCUT2D eigenvalue weighted by molar-refractivity contribution is 0.252. The summed E-state index contributed by atoms with van der Waals surface area (Å²) in [5.41, 5.74) is 6.82. The maximum absolute atomic E-state index is 14.7. The molecule has 1 aliphatic heterocycles. The predicted octanol–water partition coefficient (Wildman–Crippen LogP) is 3.77. The van der Waals surface area contributed by atoms with Crippen LogP contribution in [0.15, 0.2) is 30.4 Å². The van der Waals surface area contributed by atoms with E-state index in [9.17, 15) is 4.39 Å². The molecule has 9 heteroatoms. The second kappa shape index (κ2) is 10.3. The fourth-order valence-corrected chi connectivity index (χ4v) is 4.62. The maximum atomic E-state index is 14.7. The molecule has 1 aliphatic carbocycles. The molecule has 0 bridgehead atoms. The minimum absolute atomic E-state index is 0.0106. The number of allylic oxidation sites excluding steroid dienone is 1. The smallest absolute Gasteiger partial charge is 0.237 e. The van der Waals surface area contributed by atoms with Crippen LogP contribution in [-0.4, -0.2) is 66.2 Å². The van der Waals surface area contributed by atoms with Gasteiger partial charge in [0.2, 0.25) is 17.8 Å². The van der Waals surface area contributed by atoms with Gasteiger partial charge in [0.1, 0.15) is 0 Å². The SMILES string of the molecule is COc1ccc(N(c2nc(N)nc(N(C)C3CCN(C)CC3)n2)C2C=CCCCC2)cc1F. The van der Waals surface area contributed by atoms with Gasteiger partial charge in [-0.2, -0.15) is 15.0 Å². The Morgan fingerprint density at radius 2 is 1.85 bits per heavy atom. The fourth-order valence-electron chi connectivity index (χ4n) is 4.62. The number of hydrogen-bond acceptors (Lipinski definition) is 8. The van der Waals surface area contributed by atoms with E-state index in [1.165, 1.54) is 13.2 Å². The number of hydrogen-bond donors (Lipinski definition) is 1. The molecule has 0 radical (unpaired) electrons. The lowest BCUT2D eigenvalue weighted by Gasteiger charge is -2.35. The number of methoxy groups -OCH3 is 1. The summed E-state index contributed by atoms with van der Waals surface area (Å²) in [5, 5.41) is 0. The van der Waals surface area contributed by atoms with E-state index in [1.54, 1.807) is 6.07 Å². The number of nitrogens with two attached hydrogens (primary N) is 1. The Labute approximate surface area is 195 Å². The molecule has 0 saturated carbocycles. The predicted molar refractivity (Wildman–Crippen MR) is 130 cm³/mol. The van der Waals surface area contributed by atoms with Gasteiger partial charge in [-0.25, -0.2) is 4.39 Å². The number of likely N-dealkylation sites (tertiary alicyclic amines) is 1. The molecule has 0 spiro atoms. The number of ether oxygens (including phenoxy) is 1. The Balaban J connectivity index is 1.72. The van der Waals surface area contributed by atoms with Gasteiger partial charge in [0, 0.05) is 24.8 Å². The average molecular weight is 456 g/mol. The zero-order valence-corrected chi connectivity index (χ0v) is 19.7. The normalized spacial score (nSPS) is 19.8. The van der Waals surface area contributed by atoms with Crippen LogP contribution in [-0.2, 0) is 0 Å². The van der Waals surface area contributed by atoms with E-state index < -0.39 is 5.82 Å². The average Bonchev–Trinajstić information content (AvgIpc) is 3.08. The summed E-state index contributed by atoms with van der Waals surface area (Å²) in [4.78, 5) is 20.2. The Morgan fingerprint density at radius 3 is 2.58 bits per heavy atom. The first-order valence-electron chi connectivity index (χ1n) is 11.7. The van der Waals surface area contributed by atoms with Crippen LogP contribution in [0.2, 0.25) is 0 Å². The Morgan fingerprint density at radius 1 is 1.09 bits per heavy atom. The molecular formula is C24H34FN7O. The van der Waals surface area contributed by atoms with Crippen LogP contribution >= 0.6 is 0 Å². The number of nitrogens with zero attached hydrogens (tertiary/aromatic N) is 6. The van der Waals surface area contributed by atoms with Crippen LogP contribution in [0, 0.1) is 5.82 Å². The van der Waals surface area contributed by atoms with Crippen molar-refractivity contribution in [3.05, 3.63) is 36.2 Å². The molecular weight excluding hydrogens is 421 g/mol. The summed E-state index contributed by atoms with van der Waals surface area (Å²) in [5.74, 6) is 0.907. The van der Waals surface area contributed by atoms with Gasteiger partial charge in [-0.1, -0.05) is 18.6 Å². The molecule has 2 aliphatic rings. The largest absolute Gasteiger partial charge is 0.494 e. The van der Waals surface area contributed by atoms with Crippen LogP contribution in [0.4, 0.5) is 27.9 Å². The molecule has 1 atom stereocenters. The van der Waals surface area contributed by atoms with Gasteiger partial charge in [-0.15, -0.1) is 0 Å². The first-order valence-corrected chi connectivity index (χ1v) is 11.7. The number of halogens is 1. The van der Waals surface area contributed by atoms with E-state index in [0.29, 0.717) is 23.6 Å². The van der Waals surface area contributed by atoms with E-state index in [-0.39, 0.29) is 17.7 Å². The molecule has 1 unspecified atom stereocenters. The second-order valence-electron chi connectivity index (χ2n) is 8.91. The van der Waals surface area contributed by atoms with E-state index in [0.717, 1.165) is 51.6 Å². The van der Waals surface area contributed by atoms with Crippen LogP contribution in [0.3, 0.4) is 0 Å². The highest BCUT2D eigenvalue weighted by molar-refractivity contribution is 5.62. The van der Waals surface area contributed by atoms with Crippen molar-refractivity contribution >= 4 is 23.5 Å². The Kier molecular flexibility index (Phi) is 7.27. The molecule has 178 valence electrons. The van der Waals surface area contributed by atoms with Crippen molar-refractivity contribution in [2.24, 2.45) is 0 Å². The van der Waals surface area contributed by atoms with Crippen molar-refractivity contribution in [2.45, 2.75) is 50.6 Å². The molecule has 2 heterocycles. The maximum Gasteiger partial charge on any atom is 0.237 e. The third kappa shape index (κ3) is 5.35. The van der Waals surface area contributed by atoms with Gasteiger partial charge in [0.15, 0.2) is 11.6 Å². The second-order valence-corrected chi connectivity index (χ2v) is 8.91. The number of rotatable bonds is 6. The zero-order chi connectivity index (χ0) is 23.4. The summed E-state index contributed by atoms with van der Waals surface area (Å²) in [6.45, 7) is 2.07. The van der Waals surface area contributed by atoms with Crippen molar-refractivity contribution in [2.75, 3.05) is 49.8 Å². The summed E-state index contributed by atoms with van der Waals surface area (Å²) in [6.07, 6.45) is 10.5. The van der Waals surface area contributed by atoms with E-state index >= 15 is 0 Å². The molecule has 4 rings (SSSR count). The highest BCUT2D eigenvalue weighted by atomic mass is 19.1. The topological polar surface area (TPSA) is 83.6 Å². The number of aromatic nitrogens is 3. The van der Waals surface area contributed by atoms with Crippen molar-refractivity contribution in [3.63, 3.8) is 0 Å². The fraction of sp³-hybridized carbons (Fsp3) is 0.542. The van der Waals surface area contributed by atoms with E-state index in [2.05, 4.69) is 39.0 Å². The van der Waals surface area contributed by atoms with Crippen LogP contribution in [0.5, 0.6) is 5.75 Å². The summed E-state index contributed by atoms with van der Waals surface area (Å²) >= 11 is 0. The Hall–Kier alpha value is -2.94. The third-order valence-corrected chi connectivity index (χ3v) is 6.62. The molecule has 1 aromatic carbocycles. The zero-order valence-electron chi connectivity index (χ0n) is 19.7. The van der Waals surface area contributed by atoms with E-state index in [4.69, 9.17) is 15.5 Å². The van der Waals surface area contributed by atoms with Crippen LogP contribution < -0.4 is 20.3 Å². The summed E-state index contributed by atoms with van der Waals surface area (Å²) in [6, 6.07) is 5.26. The van der Waals surface area contributed by atoms with Gasteiger partial charge in [-0.3, -0.25) is 0 Å². The third-order valence-electron chi connectivity index (χ3n) is 6.62. The van der Waals surface area contributed by atoms with Gasteiger partial charge in [-0.05, 0) is 64.4 Å². The minimum Gasteiger partial charge on any atom is -0.494 e. The standard InChI is InChI=1S/C24H34FN7O/c1-30-14-12-17(13-15-30)31(2)23-27-22(26)28-24(29-23)32(18-8-6-4-5-7-9-18)19-10-11-21(33-3)20(25)16-19/h6,8,10-11,16-18H,4-5,7,9,12-15H2,1-3H3,(H2,26,27,28,29). The molecule has 2 N–H and O–H groups in total. The Bertz CT molecular complexity index is 977. The number of piperidine rings is 1. The molecule has 1 saturated heterocycles. The summed E-state index contributed by atoms with van der Waals surface area (Å²) < 4.78 is 19.8. The minimum atomic E-state index is -0.428. The highest BCUT2D eigenvalue weighted by Crippen LogP contribution is 2.33. The van der Waals surface area contributed by atoms with Gasteiger partial charge < -0.3 is 25.2 Å². The van der Waals surface area contributed by atoms with Crippen molar-refractivity contribution in [1.82, 2.24) is 19.9 Å². The van der Waals surface area contributed by atoms with Gasteiger partial charge >= 0.3 is 0 Å². The first kappa shape index (κ1) is 23.2. The van der Waals surface area contributed by atoms with Crippen molar-refractivity contribution < 1.29 is 9.13 Å². The molecule has 33 heavy (non-hydrogen) atoms. The van der Waals surface area contributed by atoms with Crippen molar-refractivity contribution in [3.8, 4) is 5.75 Å². The van der Waals surface area contributed by atoms with E-state index in [1.807, 2.05) is 18.0 Å². The van der Waals surface area contributed by atoms with Crippen molar-refractivity contribution in [1.29, 1.82) is 0 Å². The van der Waals surface area contributed by atoms with Gasteiger partial charge in [0.05, 0.1) is 13.2 Å². The lowest BCUT2D eigenvalue weighted by atomic mass is 10.0. The molecule has 1 aromatic heterocycles. The molecule has 2 aromatic rings. The molecule has 0 amide bonds. The molecule has 8 nitrogen and oxygen atoms in total. The highest BCUT2D eigenvalue weighted by Gasteiger charge is 2.27. The lowest BCUT2D eigenvalue weighted by Crippen LogP contribution is -2.43. The monoisotopic (exact) mass is 455 g/mol. The summed E-state index contributed by atoms with van der Waals surface area (Å²) in [7, 11) is 5.61. The van der Waals surface area contributed by atoms with Crippen LogP contribution in [0.1, 0.15) is 38.5 Å². The quantitative estimate of drug-likeness (QED) is 0.659. The number of nitrogen functional groups attached to an aromatic ring is 1. The van der Waals surface area contributed by atoms with Crippen LogP contribution in [0.25, 0.3) is 0 Å². The first-order chi connectivity index (χ1) is 16.0.